The van der Waals surface area contributed by atoms with Crippen molar-refractivity contribution >= 4 is 11.9 Å². The Labute approximate surface area is 465 Å². The van der Waals surface area contributed by atoms with E-state index in [0.29, 0.717) is 12.8 Å². The Balaban J connectivity index is 2.69. The number of allylic oxidation sites excluding steroid dienone is 9. The van der Waals surface area contributed by atoms with Crippen molar-refractivity contribution in [2.75, 3.05) is 13.2 Å². The van der Waals surface area contributed by atoms with Crippen molar-refractivity contribution < 1.29 is 49.3 Å². The molecule has 0 aromatic heterocycles. The molecule has 0 spiro atoms. The number of nitrogens with one attached hydrogen (secondary N) is 1. The van der Waals surface area contributed by atoms with Gasteiger partial charge in [0.2, 0.25) is 5.91 Å². The molecular formula is C65H117NO10. The Morgan fingerprint density at radius 3 is 1.39 bits per heavy atom. The topological polar surface area (TPSA) is 175 Å². The van der Waals surface area contributed by atoms with Crippen molar-refractivity contribution in [3.05, 3.63) is 60.8 Å². The van der Waals surface area contributed by atoms with Crippen molar-refractivity contribution in [2.24, 2.45) is 0 Å². The van der Waals surface area contributed by atoms with Crippen molar-refractivity contribution in [1.82, 2.24) is 5.32 Å². The SMILES string of the molecule is CCCCC/C=C\C/C=C\C/C=C\CCCCCCCC(O)C(=O)NC(COC1OC(CO)C(O)C(O)C1OC(=O)CCCCCCCCC/C=C/CCCCCCCC)C(O)/C=C/CCCCCCCCCCCC. The van der Waals surface area contributed by atoms with E-state index in [1.54, 1.807) is 6.08 Å². The van der Waals surface area contributed by atoms with Gasteiger partial charge in [-0.05, 0) is 89.9 Å². The van der Waals surface area contributed by atoms with Gasteiger partial charge >= 0.3 is 5.97 Å². The molecule has 0 saturated carbocycles. The summed E-state index contributed by atoms with van der Waals surface area (Å²) in [5.74, 6) is -1.21. The average molecular weight is 1070 g/mol. The molecule has 0 aromatic carbocycles. The summed E-state index contributed by atoms with van der Waals surface area (Å²) in [4.78, 5) is 26.5. The van der Waals surface area contributed by atoms with Crippen LogP contribution in [-0.2, 0) is 23.8 Å². The fourth-order valence-corrected chi connectivity index (χ4v) is 9.59. The van der Waals surface area contributed by atoms with Crippen LogP contribution >= 0.6 is 0 Å². The molecular weight excluding hydrogens is 955 g/mol. The van der Waals surface area contributed by atoms with Crippen LogP contribution in [0.15, 0.2) is 60.8 Å². The van der Waals surface area contributed by atoms with Gasteiger partial charge in [0.15, 0.2) is 12.4 Å². The van der Waals surface area contributed by atoms with Crippen molar-refractivity contribution in [3.8, 4) is 0 Å². The van der Waals surface area contributed by atoms with Crippen LogP contribution < -0.4 is 5.32 Å². The molecule has 1 rings (SSSR count). The number of unbranched alkanes of at least 4 members (excludes halogenated alkanes) is 31. The zero-order valence-electron chi connectivity index (χ0n) is 48.9. The maximum atomic E-state index is 13.4. The van der Waals surface area contributed by atoms with E-state index in [9.17, 15) is 35.1 Å². The molecule has 0 aliphatic carbocycles. The fourth-order valence-electron chi connectivity index (χ4n) is 9.59. The van der Waals surface area contributed by atoms with Crippen LogP contribution in [0.4, 0.5) is 0 Å². The molecule has 6 N–H and O–H groups in total. The number of rotatable bonds is 53. The Bertz CT molecular complexity index is 1460. The third-order valence-corrected chi connectivity index (χ3v) is 14.6. The number of esters is 1. The van der Waals surface area contributed by atoms with E-state index >= 15 is 0 Å². The molecule has 1 amide bonds. The quantitative estimate of drug-likeness (QED) is 0.0195. The van der Waals surface area contributed by atoms with Crippen LogP contribution in [0.2, 0.25) is 0 Å². The lowest BCUT2D eigenvalue weighted by atomic mass is 9.99. The molecule has 8 atom stereocenters. The second kappa shape index (κ2) is 53.0. The Morgan fingerprint density at radius 1 is 0.513 bits per heavy atom. The summed E-state index contributed by atoms with van der Waals surface area (Å²) < 4.78 is 17.6. The van der Waals surface area contributed by atoms with Gasteiger partial charge in [-0.25, -0.2) is 0 Å². The van der Waals surface area contributed by atoms with Gasteiger partial charge in [0, 0.05) is 6.42 Å². The third-order valence-electron chi connectivity index (χ3n) is 14.6. The van der Waals surface area contributed by atoms with Gasteiger partial charge in [0.25, 0.3) is 0 Å². The minimum atomic E-state index is -1.62. The molecule has 76 heavy (non-hydrogen) atoms. The summed E-state index contributed by atoms with van der Waals surface area (Å²) >= 11 is 0. The van der Waals surface area contributed by atoms with Gasteiger partial charge in [0.1, 0.15) is 24.4 Å². The number of aliphatic hydroxyl groups excluding tert-OH is 5. The highest BCUT2D eigenvalue weighted by Crippen LogP contribution is 2.26. The first-order valence-corrected chi connectivity index (χ1v) is 31.6. The molecule has 1 heterocycles. The number of amides is 1. The van der Waals surface area contributed by atoms with E-state index in [4.69, 9.17) is 14.2 Å². The Morgan fingerprint density at radius 2 is 0.908 bits per heavy atom. The van der Waals surface area contributed by atoms with Gasteiger partial charge in [-0.2, -0.15) is 0 Å². The molecule has 1 saturated heterocycles. The van der Waals surface area contributed by atoms with Crippen LogP contribution in [0.1, 0.15) is 278 Å². The van der Waals surface area contributed by atoms with Gasteiger partial charge in [-0.15, -0.1) is 0 Å². The number of hydrogen-bond donors (Lipinski definition) is 6. The third kappa shape index (κ3) is 40.5. The lowest BCUT2D eigenvalue weighted by Gasteiger charge is -2.41. The molecule has 1 aliphatic heterocycles. The maximum absolute atomic E-state index is 13.4. The molecule has 8 unspecified atom stereocenters. The predicted octanol–water partition coefficient (Wildman–Crippen LogP) is 15.0. The largest absolute Gasteiger partial charge is 0.454 e. The lowest BCUT2D eigenvalue weighted by molar-refractivity contribution is -0.305. The maximum Gasteiger partial charge on any atom is 0.306 e. The first-order valence-electron chi connectivity index (χ1n) is 31.6. The van der Waals surface area contributed by atoms with Gasteiger partial charge in [-0.1, -0.05) is 242 Å². The first-order chi connectivity index (χ1) is 37.2. The zero-order valence-corrected chi connectivity index (χ0v) is 48.9. The summed E-state index contributed by atoms with van der Waals surface area (Å²) in [7, 11) is 0. The van der Waals surface area contributed by atoms with Crippen LogP contribution in [0.25, 0.3) is 0 Å². The second-order valence-electron chi connectivity index (χ2n) is 21.8. The highest BCUT2D eigenvalue weighted by atomic mass is 16.7. The van der Waals surface area contributed by atoms with E-state index < -0.39 is 67.4 Å². The molecule has 0 aromatic rings. The van der Waals surface area contributed by atoms with E-state index in [0.717, 1.165) is 96.3 Å². The smallest absolute Gasteiger partial charge is 0.306 e. The van der Waals surface area contributed by atoms with E-state index in [1.165, 1.54) is 135 Å². The summed E-state index contributed by atoms with van der Waals surface area (Å²) in [6.07, 6.45) is 55.3. The average Bonchev–Trinajstić information content (AvgIpc) is 3.42. The van der Waals surface area contributed by atoms with Crippen LogP contribution in [0.3, 0.4) is 0 Å². The highest BCUT2D eigenvalue weighted by molar-refractivity contribution is 5.80. The van der Waals surface area contributed by atoms with Crippen molar-refractivity contribution in [1.29, 1.82) is 0 Å². The predicted molar refractivity (Wildman–Crippen MR) is 315 cm³/mol. The molecule has 0 bridgehead atoms. The number of aliphatic hydroxyl groups is 5. The molecule has 11 nitrogen and oxygen atoms in total. The molecule has 11 heteroatoms. The monoisotopic (exact) mass is 1070 g/mol. The standard InChI is InChI=1S/C65H117NO10/c1-4-7-10-13-16-19-22-25-27-29-31-32-34-37-40-43-46-49-52-58(69)64(73)66-56(57(68)51-48-45-42-39-36-24-21-18-15-12-9-6-3)55-74-65-63(62(72)61(71)59(54-67)75-65)76-60(70)53-50-47-44-41-38-35-33-30-28-26-23-20-17-14-11-8-5-2/h16,19,25-28,31-32,48,51,56-59,61-63,65,67-69,71-72H,4-15,17-18,20-24,29-30,33-47,49-50,52-55H2,1-3H3,(H,66,73)/b19-16-,27-25-,28-26+,32-31-,51-48+. The van der Waals surface area contributed by atoms with Gasteiger partial charge < -0.3 is 45.1 Å². The van der Waals surface area contributed by atoms with E-state index in [2.05, 4.69) is 74.7 Å². The van der Waals surface area contributed by atoms with Crippen LogP contribution in [-0.4, -0.2) is 99.6 Å². The fraction of sp³-hybridized carbons (Fsp3) is 0.815. The van der Waals surface area contributed by atoms with Crippen LogP contribution in [0.5, 0.6) is 0 Å². The molecule has 1 aliphatic rings. The van der Waals surface area contributed by atoms with Crippen LogP contribution in [0, 0.1) is 0 Å². The minimum Gasteiger partial charge on any atom is -0.454 e. The highest BCUT2D eigenvalue weighted by Gasteiger charge is 2.47. The van der Waals surface area contributed by atoms with Crippen molar-refractivity contribution in [3.63, 3.8) is 0 Å². The number of ether oxygens (including phenoxy) is 3. The summed E-state index contributed by atoms with van der Waals surface area (Å²) in [5, 5.41) is 57.0. The molecule has 1 fully saturated rings. The minimum absolute atomic E-state index is 0.116. The van der Waals surface area contributed by atoms with Crippen molar-refractivity contribution in [2.45, 2.75) is 327 Å². The van der Waals surface area contributed by atoms with E-state index in [-0.39, 0.29) is 19.4 Å². The molecule has 442 valence electrons. The summed E-state index contributed by atoms with van der Waals surface area (Å²) in [6.45, 7) is 5.75. The van der Waals surface area contributed by atoms with E-state index in [1.807, 2.05) is 6.08 Å². The normalized spacial score (nSPS) is 19.5. The second-order valence-corrected chi connectivity index (χ2v) is 21.8. The first kappa shape index (κ1) is 71.4. The number of hydrogen-bond acceptors (Lipinski definition) is 10. The Kier molecular flexibility index (Phi) is 49.8. The summed E-state index contributed by atoms with van der Waals surface area (Å²) in [6, 6.07) is -1.03. The number of carbonyl (C=O) groups is 2. The zero-order chi connectivity index (χ0) is 55.4. The van der Waals surface area contributed by atoms with Gasteiger partial charge in [0.05, 0.1) is 25.4 Å². The molecule has 0 radical (unpaired) electrons. The lowest BCUT2D eigenvalue weighted by Crippen LogP contribution is -2.61. The van der Waals surface area contributed by atoms with Gasteiger partial charge in [-0.3, -0.25) is 9.59 Å². The summed E-state index contributed by atoms with van der Waals surface area (Å²) in [5.41, 5.74) is 0. The number of carbonyl (C=O) groups excluding carboxylic acids is 2. The Hall–Kier alpha value is -2.64.